The molecular formula is C8H12S. The lowest BCUT2D eigenvalue weighted by atomic mass is 10.1. The molecule has 0 saturated heterocycles. The van der Waals surface area contributed by atoms with Crippen LogP contribution in [-0.4, -0.2) is 4.86 Å². The van der Waals surface area contributed by atoms with Crippen LogP contribution in [0.4, 0.5) is 0 Å². The predicted octanol–water partition coefficient (Wildman–Crippen LogP) is 2.88. The third-order valence-electron chi connectivity index (χ3n) is 1.60. The maximum absolute atomic E-state index is 5.07. The summed E-state index contributed by atoms with van der Waals surface area (Å²) < 4.78 is 0. The van der Waals surface area contributed by atoms with Gasteiger partial charge in [0.15, 0.2) is 0 Å². The summed E-state index contributed by atoms with van der Waals surface area (Å²) in [5.41, 5.74) is 0. The fourth-order valence-electron chi connectivity index (χ4n) is 1.04. The molecule has 1 heteroatoms. The highest BCUT2D eigenvalue weighted by atomic mass is 32.1. The van der Waals surface area contributed by atoms with E-state index in [2.05, 4.69) is 12.2 Å². The average Bonchev–Trinajstić information content (AvgIpc) is 1.79. The highest BCUT2D eigenvalue weighted by Crippen LogP contribution is 2.09. The molecule has 0 fully saturated rings. The van der Waals surface area contributed by atoms with E-state index < -0.39 is 0 Å². The van der Waals surface area contributed by atoms with E-state index in [4.69, 9.17) is 12.2 Å². The van der Waals surface area contributed by atoms with Crippen LogP contribution in [0, 0.1) is 0 Å². The largest absolute Gasteiger partial charge is 0.0849 e. The second kappa shape index (κ2) is 3.78. The molecular weight excluding hydrogens is 128 g/mol. The molecule has 0 radical (unpaired) electrons. The Morgan fingerprint density at radius 1 is 1.22 bits per heavy atom. The Morgan fingerprint density at radius 3 is 3.00 bits per heavy atom. The van der Waals surface area contributed by atoms with E-state index in [-0.39, 0.29) is 0 Å². The molecule has 50 valence electrons. The average molecular weight is 140 g/mol. The van der Waals surface area contributed by atoms with E-state index in [1.807, 2.05) is 0 Å². The summed E-state index contributed by atoms with van der Waals surface area (Å²) in [5.74, 6) is 0. The molecule has 0 aromatic carbocycles. The topological polar surface area (TPSA) is 0 Å². The summed E-state index contributed by atoms with van der Waals surface area (Å²) in [7, 11) is 0. The van der Waals surface area contributed by atoms with Gasteiger partial charge in [-0.1, -0.05) is 30.8 Å². The molecule has 0 heterocycles. The minimum Gasteiger partial charge on any atom is -0.0849 e. The molecule has 0 nitrogen and oxygen atoms in total. The van der Waals surface area contributed by atoms with Crippen molar-refractivity contribution in [3.05, 3.63) is 12.2 Å². The van der Waals surface area contributed by atoms with Crippen molar-refractivity contribution in [3.8, 4) is 0 Å². The van der Waals surface area contributed by atoms with Crippen molar-refractivity contribution in [1.82, 2.24) is 0 Å². The molecule has 0 aromatic rings. The van der Waals surface area contributed by atoms with E-state index in [0.717, 1.165) is 11.3 Å². The molecule has 0 amide bonds. The predicted molar refractivity (Wildman–Crippen MR) is 44.8 cm³/mol. The van der Waals surface area contributed by atoms with Crippen molar-refractivity contribution in [2.24, 2.45) is 0 Å². The summed E-state index contributed by atoms with van der Waals surface area (Å²) in [4.78, 5) is 1.13. The highest BCUT2D eigenvalue weighted by Gasteiger charge is 1.95. The maximum Gasteiger partial charge on any atom is 0.0149 e. The van der Waals surface area contributed by atoms with E-state index in [1.165, 1.54) is 25.7 Å². The molecule has 0 N–H and O–H groups in total. The van der Waals surface area contributed by atoms with Gasteiger partial charge in [-0.2, -0.15) is 0 Å². The van der Waals surface area contributed by atoms with Crippen LogP contribution in [0.1, 0.15) is 32.1 Å². The van der Waals surface area contributed by atoms with Gasteiger partial charge in [0.05, 0.1) is 0 Å². The second-order valence-electron chi connectivity index (χ2n) is 2.47. The molecule has 1 aliphatic carbocycles. The Hall–Kier alpha value is -0.170. The Labute approximate surface area is 62.0 Å². The first kappa shape index (κ1) is 6.94. The molecule has 1 rings (SSSR count). The minimum atomic E-state index is 1.13. The van der Waals surface area contributed by atoms with Gasteiger partial charge in [-0.15, -0.1) is 0 Å². The number of hydrogen-bond donors (Lipinski definition) is 0. The maximum atomic E-state index is 5.07. The smallest absolute Gasteiger partial charge is 0.0149 e. The zero-order chi connectivity index (χ0) is 6.53. The summed E-state index contributed by atoms with van der Waals surface area (Å²) in [6.45, 7) is 0. The van der Waals surface area contributed by atoms with Gasteiger partial charge in [0.1, 0.15) is 0 Å². The first-order valence-corrected chi connectivity index (χ1v) is 4.00. The first-order chi connectivity index (χ1) is 4.39. The van der Waals surface area contributed by atoms with Gasteiger partial charge < -0.3 is 0 Å². The van der Waals surface area contributed by atoms with Gasteiger partial charge in [0, 0.05) is 4.86 Å². The Balaban J connectivity index is 2.39. The van der Waals surface area contributed by atoms with Crippen LogP contribution in [0.5, 0.6) is 0 Å². The number of hydrogen-bond acceptors (Lipinski definition) is 1. The standard InChI is InChI=1S/C8H12S/c9-8-6-4-2-1-3-5-7-8/h4,6H,1-3,5,7H2/b6-4-. The van der Waals surface area contributed by atoms with Gasteiger partial charge in [-0.25, -0.2) is 0 Å². The van der Waals surface area contributed by atoms with Crippen molar-refractivity contribution in [3.63, 3.8) is 0 Å². The zero-order valence-corrected chi connectivity index (χ0v) is 6.41. The van der Waals surface area contributed by atoms with E-state index >= 15 is 0 Å². The third kappa shape index (κ3) is 2.75. The van der Waals surface area contributed by atoms with Gasteiger partial charge in [-0.3, -0.25) is 0 Å². The summed E-state index contributed by atoms with van der Waals surface area (Å²) in [6, 6.07) is 0. The molecule has 9 heavy (non-hydrogen) atoms. The minimum absolute atomic E-state index is 1.13. The molecule has 0 bridgehead atoms. The molecule has 0 aliphatic heterocycles. The van der Waals surface area contributed by atoms with E-state index in [9.17, 15) is 0 Å². The summed E-state index contributed by atoms with van der Waals surface area (Å²) in [5, 5.41) is 0. The molecule has 0 unspecified atom stereocenters. The van der Waals surface area contributed by atoms with Crippen LogP contribution >= 0.6 is 12.2 Å². The van der Waals surface area contributed by atoms with Gasteiger partial charge in [-0.05, 0) is 25.7 Å². The lowest BCUT2D eigenvalue weighted by molar-refractivity contribution is 0.704. The molecule has 0 aromatic heterocycles. The van der Waals surface area contributed by atoms with Crippen molar-refractivity contribution < 1.29 is 0 Å². The Morgan fingerprint density at radius 2 is 2.11 bits per heavy atom. The number of allylic oxidation sites excluding steroid dienone is 2. The fraction of sp³-hybridized carbons (Fsp3) is 0.625. The first-order valence-electron chi connectivity index (χ1n) is 3.59. The van der Waals surface area contributed by atoms with Crippen molar-refractivity contribution in [1.29, 1.82) is 0 Å². The molecule has 0 spiro atoms. The molecule has 1 aliphatic rings. The lowest BCUT2D eigenvalue weighted by Crippen LogP contribution is -1.91. The van der Waals surface area contributed by atoms with Crippen molar-refractivity contribution in [2.75, 3.05) is 0 Å². The lowest BCUT2D eigenvalue weighted by Gasteiger charge is -2.01. The quantitative estimate of drug-likeness (QED) is 0.466. The van der Waals surface area contributed by atoms with Crippen LogP contribution < -0.4 is 0 Å². The highest BCUT2D eigenvalue weighted by molar-refractivity contribution is 7.80. The number of rotatable bonds is 0. The molecule has 0 saturated carbocycles. The van der Waals surface area contributed by atoms with E-state index in [0.29, 0.717) is 0 Å². The monoisotopic (exact) mass is 140 g/mol. The van der Waals surface area contributed by atoms with Crippen LogP contribution in [0.15, 0.2) is 12.2 Å². The van der Waals surface area contributed by atoms with Crippen LogP contribution in [0.3, 0.4) is 0 Å². The Kier molecular flexibility index (Phi) is 2.92. The van der Waals surface area contributed by atoms with Crippen molar-refractivity contribution in [2.45, 2.75) is 32.1 Å². The molecule has 0 atom stereocenters. The second-order valence-corrected chi connectivity index (χ2v) is 2.99. The van der Waals surface area contributed by atoms with Gasteiger partial charge in [0.25, 0.3) is 0 Å². The third-order valence-corrected chi connectivity index (χ3v) is 1.94. The summed E-state index contributed by atoms with van der Waals surface area (Å²) in [6.07, 6.45) is 10.6. The van der Waals surface area contributed by atoms with Gasteiger partial charge in [0.2, 0.25) is 0 Å². The fourth-order valence-corrected chi connectivity index (χ4v) is 1.28. The van der Waals surface area contributed by atoms with Crippen LogP contribution in [0.25, 0.3) is 0 Å². The summed E-state index contributed by atoms with van der Waals surface area (Å²) >= 11 is 5.07. The van der Waals surface area contributed by atoms with Crippen LogP contribution in [0.2, 0.25) is 0 Å². The SMILES string of the molecule is S=C1/C=C\CCCCC1. The van der Waals surface area contributed by atoms with Gasteiger partial charge >= 0.3 is 0 Å². The van der Waals surface area contributed by atoms with E-state index in [1.54, 1.807) is 0 Å². The zero-order valence-electron chi connectivity index (χ0n) is 5.60. The Bertz CT molecular complexity index is 125. The number of thiocarbonyl (C=S) groups is 1. The normalized spacial score (nSPS) is 24.7. The van der Waals surface area contributed by atoms with Crippen molar-refractivity contribution >= 4 is 17.1 Å². The van der Waals surface area contributed by atoms with Crippen LogP contribution in [-0.2, 0) is 0 Å².